The van der Waals surface area contributed by atoms with E-state index in [1.807, 2.05) is 28.1 Å². The number of aryl methyl sites for hydroxylation is 2. The number of thiophene rings is 1. The van der Waals surface area contributed by atoms with Crippen LogP contribution in [0.3, 0.4) is 0 Å². The third kappa shape index (κ3) is 11.0. The lowest BCUT2D eigenvalue weighted by Crippen LogP contribution is -2.52. The normalized spacial score (nSPS) is 16.6. The number of piperidine rings is 1. The minimum atomic E-state index is -0.613. The van der Waals surface area contributed by atoms with Crippen molar-refractivity contribution in [3.05, 3.63) is 123 Å². The highest BCUT2D eigenvalue weighted by molar-refractivity contribution is 7.10. The Kier molecular flexibility index (Phi) is 15.3. The van der Waals surface area contributed by atoms with Gasteiger partial charge in [-0.1, -0.05) is 92.8 Å². The summed E-state index contributed by atoms with van der Waals surface area (Å²) in [6.45, 7) is 9.18. The average molecular weight is 937 g/mol. The average Bonchev–Trinajstić information content (AvgIpc) is 4.02. The standard InChI is InChI=1S/C54H64N8O5S/c1-38-51(41-16-10-8-11-17-41)52-55-46(33-50(62(52)57-38)60-28-26-59(27-29-60)30-31-63)42-18-13-15-39(32-42)14-9-6-4-3-5-7-12-25-58(2)34-40-19-21-43(22-20-40)67-36-48-44-35-61(54(66)45(44)37-68-48)47-23-24-49(64)56-53(47)65/h8,10-11,13,15-22,32-33,37,47,63H,3-7,9,12,14,23-31,34-36H2,1-2H3,(H,56,64,65). The number of β-amino-alcohol motifs (C(OH)–C–C–N with tert-alkyl or cyclic N) is 1. The molecule has 0 bridgehead atoms. The number of aliphatic hydroxyl groups excluding tert-OH is 1. The molecule has 13 nitrogen and oxygen atoms in total. The molecule has 0 aliphatic carbocycles. The number of nitrogens with zero attached hydrogens (tertiary/aromatic N) is 7. The number of aliphatic hydroxyl groups is 1. The fourth-order valence-electron chi connectivity index (χ4n) is 10.0. The van der Waals surface area contributed by atoms with E-state index in [-0.39, 0.29) is 24.8 Å². The van der Waals surface area contributed by atoms with Gasteiger partial charge in [0.15, 0.2) is 5.65 Å². The zero-order chi connectivity index (χ0) is 47.0. The summed E-state index contributed by atoms with van der Waals surface area (Å²) >= 11 is 1.51. The molecule has 1 atom stereocenters. The highest BCUT2D eigenvalue weighted by Gasteiger charge is 2.40. The number of amides is 3. The number of rotatable bonds is 21. The van der Waals surface area contributed by atoms with Crippen LogP contribution in [-0.4, -0.2) is 111 Å². The molecule has 2 saturated heterocycles. The van der Waals surface area contributed by atoms with E-state index in [2.05, 4.69) is 101 Å². The molecule has 9 rings (SSSR count). The van der Waals surface area contributed by atoms with Crippen molar-refractivity contribution in [2.24, 2.45) is 0 Å². The van der Waals surface area contributed by atoms with Gasteiger partial charge in [-0.2, -0.15) is 9.61 Å². The molecule has 2 fully saturated rings. The van der Waals surface area contributed by atoms with E-state index in [4.69, 9.17) is 14.8 Å². The topological polar surface area (TPSA) is 136 Å². The maximum Gasteiger partial charge on any atom is 0.256 e. The van der Waals surface area contributed by atoms with Crippen molar-refractivity contribution in [3.8, 4) is 28.1 Å². The number of ether oxygens (including phenoxy) is 1. The van der Waals surface area contributed by atoms with Crippen LogP contribution < -0.4 is 15.0 Å². The molecule has 1 unspecified atom stereocenters. The highest BCUT2D eigenvalue weighted by atomic mass is 32.1. The SMILES string of the molecule is Cc1nn2c(N3CCN(CCO)CC3)cc(-c3cccc(CCCCCCCCCN(C)Cc4ccc(OCc5scc6c5CN(C5CCC(=O)NC5=O)C6=O)cc4)c3)nc2c1-c1ccccc1. The zero-order valence-corrected chi connectivity index (χ0v) is 40.3. The summed E-state index contributed by atoms with van der Waals surface area (Å²) in [5.74, 6) is 1.01. The number of benzene rings is 3. The molecule has 14 heteroatoms. The number of imide groups is 1. The first-order chi connectivity index (χ1) is 33.2. The second-order valence-electron chi connectivity index (χ2n) is 18.7. The highest BCUT2D eigenvalue weighted by Crippen LogP contribution is 2.36. The Hall–Kier alpha value is -5.93. The molecule has 0 spiro atoms. The minimum absolute atomic E-state index is 0.153. The fourth-order valence-corrected chi connectivity index (χ4v) is 10.9. The second kappa shape index (κ2) is 22.0. The molecule has 3 aromatic carbocycles. The van der Waals surface area contributed by atoms with Crippen LogP contribution in [0.2, 0.25) is 0 Å². The van der Waals surface area contributed by atoms with E-state index in [9.17, 15) is 19.5 Å². The van der Waals surface area contributed by atoms with Crippen molar-refractivity contribution >= 4 is 40.5 Å². The Bertz CT molecular complexity index is 2690. The number of carbonyl (C=O) groups excluding carboxylic acids is 3. The summed E-state index contributed by atoms with van der Waals surface area (Å²) < 4.78 is 8.18. The fraction of sp³-hybridized carbons (Fsp3) is 0.426. The maximum absolute atomic E-state index is 13.1. The molecule has 0 saturated carbocycles. The van der Waals surface area contributed by atoms with Crippen molar-refractivity contribution < 1.29 is 24.2 Å². The second-order valence-corrected chi connectivity index (χ2v) is 19.6. The first-order valence-electron chi connectivity index (χ1n) is 24.5. The summed E-state index contributed by atoms with van der Waals surface area (Å²) in [5.41, 5.74) is 10.3. The Balaban J connectivity index is 0.693. The number of piperazine rings is 1. The van der Waals surface area contributed by atoms with Crippen LogP contribution in [0.1, 0.15) is 95.4 Å². The number of hydrogen-bond acceptors (Lipinski definition) is 11. The van der Waals surface area contributed by atoms with Gasteiger partial charge in [0.25, 0.3) is 5.91 Å². The van der Waals surface area contributed by atoms with Gasteiger partial charge in [-0.05, 0) is 81.1 Å². The smallest absolute Gasteiger partial charge is 0.256 e. The third-order valence-corrected chi connectivity index (χ3v) is 14.8. The van der Waals surface area contributed by atoms with E-state index in [1.165, 1.54) is 67.4 Å². The van der Waals surface area contributed by atoms with Crippen molar-refractivity contribution in [1.82, 2.24) is 34.6 Å². The van der Waals surface area contributed by atoms with Crippen LogP contribution in [0.15, 0.2) is 90.3 Å². The predicted octanol–water partition coefficient (Wildman–Crippen LogP) is 8.29. The van der Waals surface area contributed by atoms with Crippen LogP contribution >= 0.6 is 11.3 Å². The van der Waals surface area contributed by atoms with Gasteiger partial charge < -0.3 is 24.5 Å². The number of aromatic nitrogens is 3. The van der Waals surface area contributed by atoms with Gasteiger partial charge in [-0.25, -0.2) is 4.98 Å². The Labute approximate surface area is 403 Å². The van der Waals surface area contributed by atoms with E-state index in [0.29, 0.717) is 31.7 Å². The van der Waals surface area contributed by atoms with Gasteiger partial charge in [-0.15, -0.1) is 11.3 Å². The van der Waals surface area contributed by atoms with Gasteiger partial charge in [0, 0.05) is 85.2 Å². The lowest BCUT2D eigenvalue weighted by atomic mass is 10.0. The minimum Gasteiger partial charge on any atom is -0.488 e. The number of unbranched alkanes of at least 4 members (excludes halogenated alkanes) is 6. The van der Waals surface area contributed by atoms with Gasteiger partial charge in [-0.3, -0.25) is 24.6 Å². The summed E-state index contributed by atoms with van der Waals surface area (Å²) in [5, 5.41) is 18.8. The van der Waals surface area contributed by atoms with Crippen LogP contribution in [0.5, 0.6) is 5.75 Å². The van der Waals surface area contributed by atoms with E-state index in [1.54, 1.807) is 4.90 Å². The molecule has 0 radical (unpaired) electrons. The molecule has 3 aliphatic heterocycles. The van der Waals surface area contributed by atoms with E-state index < -0.39 is 11.9 Å². The largest absolute Gasteiger partial charge is 0.488 e. The van der Waals surface area contributed by atoms with Gasteiger partial charge in [0.1, 0.15) is 24.2 Å². The molecule has 3 aliphatic rings. The third-order valence-electron chi connectivity index (χ3n) is 13.8. The molecule has 356 valence electrons. The summed E-state index contributed by atoms with van der Waals surface area (Å²) in [6, 6.07) is 29.3. The number of anilines is 1. The number of carbonyl (C=O) groups is 3. The van der Waals surface area contributed by atoms with E-state index >= 15 is 0 Å². The number of nitrogens with one attached hydrogen (secondary N) is 1. The lowest BCUT2D eigenvalue weighted by molar-refractivity contribution is -0.136. The molecule has 3 aromatic heterocycles. The summed E-state index contributed by atoms with van der Waals surface area (Å²) in [6.07, 6.45) is 10.3. The Morgan fingerprint density at radius 1 is 0.853 bits per heavy atom. The van der Waals surface area contributed by atoms with Gasteiger partial charge in [0.2, 0.25) is 11.8 Å². The monoisotopic (exact) mass is 936 g/mol. The lowest BCUT2D eigenvalue weighted by Gasteiger charge is -2.35. The number of fused-ring (bicyclic) bond motifs is 2. The zero-order valence-electron chi connectivity index (χ0n) is 39.5. The van der Waals surface area contributed by atoms with Gasteiger partial charge in [0.05, 0.1) is 23.6 Å². The predicted molar refractivity (Wildman–Crippen MR) is 268 cm³/mol. The number of hydrogen-bond donors (Lipinski definition) is 2. The van der Waals surface area contributed by atoms with Crippen LogP contribution in [0, 0.1) is 6.92 Å². The van der Waals surface area contributed by atoms with E-state index in [0.717, 1.165) is 101 Å². The summed E-state index contributed by atoms with van der Waals surface area (Å²) in [4.78, 5) is 52.1. The molecular weight excluding hydrogens is 873 g/mol. The van der Waals surface area contributed by atoms with Crippen molar-refractivity contribution in [1.29, 1.82) is 0 Å². The molecular formula is C54H64N8O5S. The molecule has 6 heterocycles. The molecule has 68 heavy (non-hydrogen) atoms. The Morgan fingerprint density at radius 2 is 1.60 bits per heavy atom. The molecule has 3 amide bonds. The van der Waals surface area contributed by atoms with Crippen LogP contribution in [0.25, 0.3) is 28.0 Å². The van der Waals surface area contributed by atoms with Crippen LogP contribution in [-0.2, 0) is 35.7 Å². The quantitative estimate of drug-likeness (QED) is 0.0536. The molecule has 6 aromatic rings. The molecule has 2 N–H and O–H groups in total. The van der Waals surface area contributed by atoms with Crippen LogP contribution in [0.4, 0.5) is 5.82 Å². The maximum atomic E-state index is 13.1. The van der Waals surface area contributed by atoms with Crippen molar-refractivity contribution in [2.45, 2.75) is 96.9 Å². The van der Waals surface area contributed by atoms with Gasteiger partial charge >= 0.3 is 0 Å². The first-order valence-corrected chi connectivity index (χ1v) is 25.4. The van der Waals surface area contributed by atoms with Crippen molar-refractivity contribution in [3.63, 3.8) is 0 Å². The Morgan fingerprint density at radius 3 is 2.37 bits per heavy atom. The first kappa shape index (κ1) is 47.1. The van der Waals surface area contributed by atoms with Crippen molar-refractivity contribution in [2.75, 3.05) is 57.8 Å². The summed E-state index contributed by atoms with van der Waals surface area (Å²) in [7, 11) is 2.19.